The third-order valence-corrected chi connectivity index (χ3v) is 2.77. The minimum atomic E-state index is 0.595. The van der Waals surface area contributed by atoms with Crippen molar-refractivity contribution in [1.29, 1.82) is 0 Å². The van der Waals surface area contributed by atoms with Crippen molar-refractivity contribution in [1.82, 2.24) is 9.97 Å². The number of nitrogens with one attached hydrogen (secondary N) is 2. The number of hydrogen-bond acceptors (Lipinski definition) is 4. The molecule has 3 rings (SSSR count). The largest absolute Gasteiger partial charge is 0.448 e. The van der Waals surface area contributed by atoms with Gasteiger partial charge in [0.1, 0.15) is 5.76 Å². The van der Waals surface area contributed by atoms with E-state index in [0.29, 0.717) is 16.4 Å². The third-order valence-electron chi connectivity index (χ3n) is 2.35. The molecule has 0 saturated heterocycles. The Morgan fingerprint density at radius 1 is 1.28 bits per heavy atom. The zero-order valence-corrected chi connectivity index (χ0v) is 10.8. The number of para-hydroxylation sites is 2. The Morgan fingerprint density at radius 2 is 2.17 bits per heavy atom. The maximum atomic E-state index is 5.28. The second-order valence-corrected chi connectivity index (χ2v) is 4.40. The fourth-order valence-electron chi connectivity index (χ4n) is 1.56. The lowest BCUT2D eigenvalue weighted by Crippen LogP contribution is -1.91. The molecule has 0 amide bonds. The highest BCUT2D eigenvalue weighted by Gasteiger charge is 1.99. The molecule has 1 aromatic carbocycles. The third kappa shape index (κ3) is 2.28. The summed E-state index contributed by atoms with van der Waals surface area (Å²) in [5.74, 6) is 1.25. The molecule has 0 aliphatic carbocycles. The fourth-order valence-corrected chi connectivity index (χ4v) is 1.88. The summed E-state index contributed by atoms with van der Waals surface area (Å²) in [4.78, 5) is 7.44. The highest BCUT2D eigenvalue weighted by Crippen LogP contribution is 2.14. The van der Waals surface area contributed by atoms with Crippen LogP contribution in [0.4, 0.5) is 5.95 Å². The van der Waals surface area contributed by atoms with Crippen molar-refractivity contribution >= 4 is 39.1 Å². The topological polar surface area (TPSA) is 66.2 Å². The fraction of sp³-hybridized carbons (Fsp3) is 0. The number of rotatable bonds is 3. The van der Waals surface area contributed by atoms with Gasteiger partial charge in [0.15, 0.2) is 4.67 Å². The first kappa shape index (κ1) is 11.0. The molecule has 0 saturated carbocycles. The summed E-state index contributed by atoms with van der Waals surface area (Å²) in [6.45, 7) is 0. The summed E-state index contributed by atoms with van der Waals surface area (Å²) >= 11 is 3.22. The van der Waals surface area contributed by atoms with Crippen LogP contribution in [0.3, 0.4) is 0 Å². The minimum absolute atomic E-state index is 0.595. The number of benzene rings is 1. The lowest BCUT2D eigenvalue weighted by Gasteiger charge is -1.91. The van der Waals surface area contributed by atoms with E-state index in [1.165, 1.54) is 0 Å². The standard InChI is InChI=1S/C12H9BrN4O/c13-11-6-5-8(18-11)7-14-17-12-15-9-3-1-2-4-10(9)16-12/h1-7H,(H2,15,16,17)/b14-7-. The Bertz CT molecular complexity index is 668. The molecule has 0 fully saturated rings. The molecule has 18 heavy (non-hydrogen) atoms. The second kappa shape index (κ2) is 4.66. The van der Waals surface area contributed by atoms with Crippen LogP contribution >= 0.6 is 15.9 Å². The van der Waals surface area contributed by atoms with Crippen LogP contribution < -0.4 is 5.43 Å². The average molecular weight is 305 g/mol. The first-order chi connectivity index (χ1) is 8.81. The van der Waals surface area contributed by atoms with Gasteiger partial charge in [-0.1, -0.05) is 12.1 Å². The summed E-state index contributed by atoms with van der Waals surface area (Å²) in [5, 5.41) is 4.04. The van der Waals surface area contributed by atoms with Gasteiger partial charge in [-0.3, -0.25) is 0 Å². The number of imidazole rings is 1. The summed E-state index contributed by atoms with van der Waals surface area (Å²) < 4.78 is 5.95. The number of hydrazone groups is 1. The van der Waals surface area contributed by atoms with Crippen molar-refractivity contribution < 1.29 is 4.42 Å². The first-order valence-corrected chi connectivity index (χ1v) is 6.10. The summed E-state index contributed by atoms with van der Waals surface area (Å²) in [7, 11) is 0. The first-order valence-electron chi connectivity index (χ1n) is 5.30. The molecular formula is C12H9BrN4O. The molecule has 2 heterocycles. The molecule has 0 aliphatic rings. The molecule has 0 bridgehead atoms. The molecular weight excluding hydrogens is 296 g/mol. The predicted octanol–water partition coefficient (Wildman–Crippen LogP) is 3.36. The molecule has 2 N–H and O–H groups in total. The van der Waals surface area contributed by atoms with Crippen LogP contribution in [-0.4, -0.2) is 16.2 Å². The number of aromatic amines is 1. The zero-order valence-electron chi connectivity index (χ0n) is 9.22. The normalized spacial score (nSPS) is 11.4. The van der Waals surface area contributed by atoms with Gasteiger partial charge in [-0.25, -0.2) is 10.4 Å². The van der Waals surface area contributed by atoms with Crippen molar-refractivity contribution in [2.75, 3.05) is 5.43 Å². The maximum absolute atomic E-state index is 5.28. The maximum Gasteiger partial charge on any atom is 0.222 e. The van der Waals surface area contributed by atoms with Crippen molar-refractivity contribution in [2.45, 2.75) is 0 Å². The van der Waals surface area contributed by atoms with E-state index in [2.05, 4.69) is 36.4 Å². The number of fused-ring (bicyclic) bond motifs is 1. The van der Waals surface area contributed by atoms with Gasteiger partial charge in [-0.2, -0.15) is 5.10 Å². The zero-order chi connectivity index (χ0) is 12.4. The number of hydrogen-bond donors (Lipinski definition) is 2. The van der Waals surface area contributed by atoms with Crippen LogP contribution in [0.25, 0.3) is 11.0 Å². The van der Waals surface area contributed by atoms with Crippen molar-refractivity contribution in [2.24, 2.45) is 5.10 Å². The van der Waals surface area contributed by atoms with Gasteiger partial charge in [0, 0.05) is 0 Å². The number of nitrogens with zero attached hydrogens (tertiary/aromatic N) is 2. The minimum Gasteiger partial charge on any atom is -0.448 e. The van der Waals surface area contributed by atoms with E-state index in [1.54, 1.807) is 6.21 Å². The average Bonchev–Trinajstić information content (AvgIpc) is 2.95. The quantitative estimate of drug-likeness (QED) is 0.576. The molecule has 0 unspecified atom stereocenters. The Balaban J connectivity index is 1.74. The van der Waals surface area contributed by atoms with E-state index in [1.807, 2.05) is 36.4 Å². The highest BCUT2D eigenvalue weighted by molar-refractivity contribution is 9.10. The highest BCUT2D eigenvalue weighted by atomic mass is 79.9. The SMILES string of the molecule is Brc1ccc(/C=N\Nc2nc3ccccc3[nH]2)o1. The van der Waals surface area contributed by atoms with E-state index < -0.39 is 0 Å². The Morgan fingerprint density at radius 3 is 2.94 bits per heavy atom. The summed E-state index contributed by atoms with van der Waals surface area (Å²) in [6.07, 6.45) is 1.58. The Hall–Kier alpha value is -2.08. The molecule has 5 nitrogen and oxygen atoms in total. The summed E-state index contributed by atoms with van der Waals surface area (Å²) in [5.41, 5.74) is 4.69. The van der Waals surface area contributed by atoms with Gasteiger partial charge in [-0.05, 0) is 40.2 Å². The van der Waals surface area contributed by atoms with Crippen LogP contribution in [0.1, 0.15) is 5.76 Å². The number of H-pyrrole nitrogens is 1. The monoisotopic (exact) mass is 304 g/mol. The Kier molecular flexibility index (Phi) is 2.85. The summed E-state index contributed by atoms with van der Waals surface area (Å²) in [6, 6.07) is 11.4. The number of halogens is 1. The number of anilines is 1. The predicted molar refractivity (Wildman–Crippen MR) is 73.7 cm³/mol. The lowest BCUT2D eigenvalue weighted by molar-refractivity contribution is 0.534. The smallest absolute Gasteiger partial charge is 0.222 e. The second-order valence-electron chi connectivity index (χ2n) is 3.61. The number of aromatic nitrogens is 2. The van der Waals surface area contributed by atoms with Gasteiger partial charge in [0.2, 0.25) is 5.95 Å². The van der Waals surface area contributed by atoms with Gasteiger partial charge in [0.25, 0.3) is 0 Å². The molecule has 2 aromatic heterocycles. The van der Waals surface area contributed by atoms with E-state index >= 15 is 0 Å². The molecule has 90 valence electrons. The van der Waals surface area contributed by atoms with Gasteiger partial charge >= 0.3 is 0 Å². The molecule has 0 spiro atoms. The van der Waals surface area contributed by atoms with Crippen molar-refractivity contribution in [3.05, 3.63) is 46.8 Å². The van der Waals surface area contributed by atoms with Crippen LogP contribution in [0.15, 0.2) is 50.6 Å². The lowest BCUT2D eigenvalue weighted by atomic mass is 10.3. The molecule has 6 heteroatoms. The van der Waals surface area contributed by atoms with Crippen LogP contribution in [0.2, 0.25) is 0 Å². The Labute approximate surface area is 111 Å². The van der Waals surface area contributed by atoms with Crippen LogP contribution in [-0.2, 0) is 0 Å². The van der Waals surface area contributed by atoms with Crippen molar-refractivity contribution in [3.8, 4) is 0 Å². The molecule has 3 aromatic rings. The molecule has 0 atom stereocenters. The van der Waals surface area contributed by atoms with E-state index in [4.69, 9.17) is 4.42 Å². The molecule has 0 radical (unpaired) electrons. The van der Waals surface area contributed by atoms with Gasteiger partial charge in [0.05, 0.1) is 17.2 Å². The number of furan rings is 1. The van der Waals surface area contributed by atoms with Crippen LogP contribution in [0, 0.1) is 0 Å². The van der Waals surface area contributed by atoms with Crippen LogP contribution in [0.5, 0.6) is 0 Å². The van der Waals surface area contributed by atoms with E-state index in [0.717, 1.165) is 11.0 Å². The van der Waals surface area contributed by atoms with E-state index in [9.17, 15) is 0 Å². The van der Waals surface area contributed by atoms with E-state index in [-0.39, 0.29) is 0 Å². The van der Waals surface area contributed by atoms with Gasteiger partial charge < -0.3 is 9.40 Å². The van der Waals surface area contributed by atoms with Crippen molar-refractivity contribution in [3.63, 3.8) is 0 Å². The molecule has 0 aliphatic heterocycles. The van der Waals surface area contributed by atoms with Gasteiger partial charge in [-0.15, -0.1) is 0 Å².